The van der Waals surface area contributed by atoms with E-state index in [1.807, 2.05) is 4.90 Å². The Morgan fingerprint density at radius 3 is 2.54 bits per heavy atom. The van der Waals surface area contributed by atoms with E-state index in [1.165, 1.54) is 24.3 Å². The number of likely N-dealkylation sites (tertiary alicyclic amines) is 1. The number of phenols is 1. The fourth-order valence-electron chi connectivity index (χ4n) is 4.64. The van der Waals surface area contributed by atoms with Gasteiger partial charge in [-0.3, -0.25) is 4.79 Å². The van der Waals surface area contributed by atoms with E-state index < -0.39 is 5.97 Å². The van der Waals surface area contributed by atoms with Crippen molar-refractivity contribution in [3.63, 3.8) is 0 Å². The van der Waals surface area contributed by atoms with E-state index in [4.69, 9.17) is 4.74 Å². The van der Waals surface area contributed by atoms with Crippen LogP contribution < -0.4 is 0 Å². The van der Waals surface area contributed by atoms with Crippen LogP contribution in [-0.2, 0) is 9.53 Å². The van der Waals surface area contributed by atoms with Gasteiger partial charge in [-0.05, 0) is 54.4 Å². The summed E-state index contributed by atoms with van der Waals surface area (Å²) < 4.78 is 5.16. The van der Waals surface area contributed by atoms with Crippen LogP contribution >= 0.6 is 0 Å². The lowest BCUT2D eigenvalue weighted by Gasteiger charge is -2.39. The summed E-state index contributed by atoms with van der Waals surface area (Å²) in [6.07, 6.45) is 3.15. The van der Waals surface area contributed by atoms with Crippen LogP contribution in [0.5, 0.6) is 5.75 Å². The number of carbonyl (C=O) groups is 2. The first-order valence-corrected chi connectivity index (χ1v) is 8.43. The maximum atomic E-state index is 12.5. The average Bonchev–Trinajstić information content (AvgIpc) is 2.74. The van der Waals surface area contributed by atoms with Crippen molar-refractivity contribution < 1.29 is 19.4 Å². The number of hydrogen-bond acceptors (Lipinski definition) is 4. The Balaban J connectivity index is 1.60. The van der Waals surface area contributed by atoms with E-state index in [1.54, 1.807) is 0 Å². The molecule has 1 heterocycles. The van der Waals surface area contributed by atoms with Crippen molar-refractivity contribution >= 4 is 11.9 Å². The molecule has 0 unspecified atom stereocenters. The van der Waals surface area contributed by atoms with Crippen molar-refractivity contribution in [1.29, 1.82) is 0 Å². The lowest BCUT2D eigenvalue weighted by Crippen LogP contribution is -2.39. The maximum absolute atomic E-state index is 12.5. The zero-order valence-electron chi connectivity index (χ0n) is 14.5. The number of amides is 1. The number of hydrogen-bond donors (Lipinski definition) is 1. The van der Waals surface area contributed by atoms with Crippen molar-refractivity contribution in [3.05, 3.63) is 29.8 Å². The molecule has 1 saturated heterocycles. The van der Waals surface area contributed by atoms with E-state index >= 15 is 0 Å². The average molecular weight is 331 g/mol. The largest absolute Gasteiger partial charge is 0.508 e. The molecule has 5 nitrogen and oxygen atoms in total. The third-order valence-electron chi connectivity index (χ3n) is 5.16. The minimum Gasteiger partial charge on any atom is -0.508 e. The number of fused-ring (bicyclic) bond motifs is 2. The molecule has 1 aliphatic heterocycles. The van der Waals surface area contributed by atoms with Gasteiger partial charge in [0.05, 0.1) is 5.56 Å². The summed E-state index contributed by atoms with van der Waals surface area (Å²) >= 11 is 0. The second-order valence-electron chi connectivity index (χ2n) is 8.36. The van der Waals surface area contributed by atoms with E-state index in [-0.39, 0.29) is 35.1 Å². The minimum atomic E-state index is -0.544. The third-order valence-corrected chi connectivity index (χ3v) is 5.16. The molecule has 1 amide bonds. The van der Waals surface area contributed by atoms with Crippen molar-refractivity contribution in [1.82, 2.24) is 4.90 Å². The second kappa shape index (κ2) is 5.80. The van der Waals surface area contributed by atoms with Gasteiger partial charge in [-0.1, -0.05) is 20.8 Å². The normalized spacial score (nSPS) is 27.8. The summed E-state index contributed by atoms with van der Waals surface area (Å²) in [6.45, 7) is 7.28. The summed E-state index contributed by atoms with van der Waals surface area (Å²) in [5, 5.41) is 9.24. The number of esters is 1. The Bertz CT molecular complexity index is 652. The molecule has 2 fully saturated rings. The fourth-order valence-corrected chi connectivity index (χ4v) is 4.64. The van der Waals surface area contributed by atoms with Gasteiger partial charge in [0.25, 0.3) is 5.91 Å². The summed E-state index contributed by atoms with van der Waals surface area (Å²) in [5.74, 6) is -0.576. The Labute approximate surface area is 142 Å². The molecule has 1 aromatic rings. The number of ether oxygens (including phenoxy) is 1. The van der Waals surface area contributed by atoms with Crippen LogP contribution in [0.2, 0.25) is 0 Å². The Morgan fingerprint density at radius 1 is 1.21 bits per heavy atom. The summed E-state index contributed by atoms with van der Waals surface area (Å²) in [7, 11) is 0. The lowest BCUT2D eigenvalue weighted by atomic mass is 9.65. The van der Waals surface area contributed by atoms with Gasteiger partial charge >= 0.3 is 5.97 Å². The SMILES string of the molecule is CC1(C)C[C@H]2C[C@](C)(CN2C(=O)COC(=O)c2ccc(O)cc2)C1. The predicted molar refractivity (Wildman–Crippen MR) is 89.6 cm³/mol. The second-order valence-corrected chi connectivity index (χ2v) is 8.36. The molecule has 0 aromatic heterocycles. The Hall–Kier alpha value is -2.04. The van der Waals surface area contributed by atoms with E-state index in [9.17, 15) is 14.7 Å². The van der Waals surface area contributed by atoms with Gasteiger partial charge in [0, 0.05) is 12.6 Å². The molecule has 2 bridgehead atoms. The maximum Gasteiger partial charge on any atom is 0.338 e. The number of rotatable bonds is 3. The van der Waals surface area contributed by atoms with Gasteiger partial charge in [0.2, 0.25) is 0 Å². The monoisotopic (exact) mass is 331 g/mol. The molecular weight excluding hydrogens is 306 g/mol. The molecule has 1 aromatic carbocycles. The van der Waals surface area contributed by atoms with Gasteiger partial charge < -0.3 is 14.7 Å². The van der Waals surface area contributed by atoms with Crippen LogP contribution in [-0.4, -0.2) is 41.1 Å². The van der Waals surface area contributed by atoms with Crippen LogP contribution in [0, 0.1) is 10.8 Å². The van der Waals surface area contributed by atoms with Gasteiger partial charge in [-0.25, -0.2) is 4.79 Å². The minimum absolute atomic E-state index is 0.0860. The molecular formula is C19H25NO4. The quantitative estimate of drug-likeness (QED) is 0.865. The highest BCUT2D eigenvalue weighted by Gasteiger charge is 2.50. The predicted octanol–water partition coefficient (Wildman–Crippen LogP) is 2.98. The number of nitrogens with zero attached hydrogens (tertiary/aromatic N) is 1. The van der Waals surface area contributed by atoms with Crippen LogP contribution in [0.4, 0.5) is 0 Å². The van der Waals surface area contributed by atoms with E-state index in [0.29, 0.717) is 5.56 Å². The molecule has 1 saturated carbocycles. The number of aromatic hydroxyl groups is 1. The van der Waals surface area contributed by atoms with Crippen LogP contribution in [0.25, 0.3) is 0 Å². The smallest absolute Gasteiger partial charge is 0.338 e. The van der Waals surface area contributed by atoms with Crippen LogP contribution in [0.3, 0.4) is 0 Å². The highest BCUT2D eigenvalue weighted by Crippen LogP contribution is 2.52. The highest BCUT2D eigenvalue weighted by molar-refractivity contribution is 5.91. The van der Waals surface area contributed by atoms with Gasteiger partial charge in [0.1, 0.15) is 5.75 Å². The van der Waals surface area contributed by atoms with Crippen LogP contribution in [0.1, 0.15) is 50.4 Å². The molecule has 1 aliphatic carbocycles. The zero-order valence-corrected chi connectivity index (χ0v) is 14.5. The molecule has 2 atom stereocenters. The molecule has 24 heavy (non-hydrogen) atoms. The number of benzene rings is 1. The zero-order chi connectivity index (χ0) is 17.5. The first kappa shape index (κ1) is 16.8. The first-order chi connectivity index (χ1) is 11.2. The molecule has 5 heteroatoms. The molecule has 130 valence electrons. The number of phenolic OH excluding ortho intramolecular Hbond substituents is 1. The summed E-state index contributed by atoms with van der Waals surface area (Å²) in [5.41, 5.74) is 0.743. The topological polar surface area (TPSA) is 66.8 Å². The summed E-state index contributed by atoms with van der Waals surface area (Å²) in [6, 6.07) is 6.05. The van der Waals surface area contributed by atoms with Crippen molar-refractivity contribution in [2.45, 2.75) is 46.1 Å². The Kier molecular flexibility index (Phi) is 4.06. The van der Waals surface area contributed by atoms with Gasteiger partial charge in [-0.15, -0.1) is 0 Å². The molecule has 0 spiro atoms. The van der Waals surface area contributed by atoms with Crippen LogP contribution in [0.15, 0.2) is 24.3 Å². The molecule has 1 N–H and O–H groups in total. The van der Waals surface area contributed by atoms with Crippen molar-refractivity contribution in [2.75, 3.05) is 13.2 Å². The lowest BCUT2D eigenvalue weighted by molar-refractivity contribution is -0.135. The molecule has 3 rings (SSSR count). The molecule has 2 aliphatic rings. The standard InChI is InChI=1S/C19H25NO4/c1-18(2)8-14-9-19(3,11-18)12-20(14)16(22)10-24-17(23)13-4-6-15(21)7-5-13/h4-7,14,21H,8-12H2,1-3H3/t14-,19-/m0/s1. The molecule has 0 radical (unpaired) electrons. The van der Waals surface area contributed by atoms with E-state index in [0.717, 1.165) is 25.8 Å². The Morgan fingerprint density at radius 2 is 1.88 bits per heavy atom. The number of carbonyl (C=O) groups excluding carboxylic acids is 2. The van der Waals surface area contributed by atoms with Crippen molar-refractivity contribution in [2.24, 2.45) is 10.8 Å². The van der Waals surface area contributed by atoms with E-state index in [2.05, 4.69) is 20.8 Å². The van der Waals surface area contributed by atoms with Crippen molar-refractivity contribution in [3.8, 4) is 5.75 Å². The third kappa shape index (κ3) is 3.40. The van der Waals surface area contributed by atoms with Gasteiger partial charge in [-0.2, -0.15) is 0 Å². The fraction of sp³-hybridized carbons (Fsp3) is 0.579. The highest BCUT2D eigenvalue weighted by atomic mass is 16.5. The summed E-state index contributed by atoms with van der Waals surface area (Å²) in [4.78, 5) is 26.4. The first-order valence-electron chi connectivity index (χ1n) is 8.43. The van der Waals surface area contributed by atoms with Gasteiger partial charge in [0.15, 0.2) is 6.61 Å².